The molecule has 0 aliphatic carbocycles. The Morgan fingerprint density at radius 1 is 1.16 bits per heavy atom. The van der Waals surface area contributed by atoms with Gasteiger partial charge in [0.1, 0.15) is 29.8 Å². The van der Waals surface area contributed by atoms with E-state index >= 15 is 0 Å². The molecule has 204 valence electrons. The minimum Gasteiger partial charge on any atom is -0.460 e. The fraction of sp³-hybridized carbons (Fsp3) is 0.692. The van der Waals surface area contributed by atoms with Gasteiger partial charge in [0.2, 0.25) is 17.7 Å². The third-order valence-corrected chi connectivity index (χ3v) is 8.23. The first-order valence-electron chi connectivity index (χ1n) is 13.1. The van der Waals surface area contributed by atoms with E-state index in [4.69, 9.17) is 9.47 Å². The summed E-state index contributed by atoms with van der Waals surface area (Å²) in [5.41, 5.74) is -1.34. The maximum Gasteiger partial charge on any atom is 0.313 e. The van der Waals surface area contributed by atoms with Crippen molar-refractivity contribution in [2.75, 3.05) is 32.8 Å². The van der Waals surface area contributed by atoms with Crippen LogP contribution in [0, 0.1) is 11.8 Å². The molecule has 3 amide bonds. The molecule has 0 aromatic rings. The maximum atomic E-state index is 14.2. The number of likely N-dealkylation sites (tertiary alicyclic amines) is 1. The second-order valence-electron chi connectivity index (χ2n) is 10.1. The van der Waals surface area contributed by atoms with Gasteiger partial charge in [0.05, 0.1) is 19.1 Å². The summed E-state index contributed by atoms with van der Waals surface area (Å²) in [6.07, 6.45) is 7.65. The zero-order valence-corrected chi connectivity index (χ0v) is 22.9. The molecule has 0 aromatic carbocycles. The quantitative estimate of drug-likeness (QED) is 0.275. The van der Waals surface area contributed by atoms with Gasteiger partial charge in [0, 0.05) is 30.5 Å². The van der Waals surface area contributed by atoms with Gasteiger partial charge in [-0.3, -0.25) is 19.2 Å². The number of hydrogen-bond acceptors (Lipinski definition) is 7. The molecule has 11 heteroatoms. The normalized spacial score (nSPS) is 35.4. The highest BCUT2D eigenvalue weighted by Gasteiger charge is 2.74. The Kier molecular flexibility index (Phi) is 8.75. The van der Waals surface area contributed by atoms with E-state index < -0.39 is 47.6 Å². The summed E-state index contributed by atoms with van der Waals surface area (Å²) in [6.45, 7) is 4.35. The van der Waals surface area contributed by atoms with E-state index in [1.165, 1.54) is 4.90 Å². The lowest BCUT2D eigenvalue weighted by atomic mass is 9.74. The highest BCUT2D eigenvalue weighted by atomic mass is 79.9. The van der Waals surface area contributed by atoms with Gasteiger partial charge in [-0.15, -0.1) is 0 Å². The van der Waals surface area contributed by atoms with Crippen LogP contribution in [0.1, 0.15) is 46.0 Å². The minimum absolute atomic E-state index is 0.0458. The minimum atomic E-state index is -1.34. The van der Waals surface area contributed by atoms with Crippen LogP contribution in [0.5, 0.6) is 0 Å². The van der Waals surface area contributed by atoms with Crippen molar-refractivity contribution in [1.29, 1.82) is 0 Å². The number of unbranched alkanes of at least 4 members (excludes halogenated alkanes) is 2. The average molecular weight is 582 g/mol. The number of nitrogens with one attached hydrogen (secondary N) is 1. The molecule has 0 aromatic heterocycles. The number of aliphatic hydroxyl groups excluding tert-OH is 1. The van der Waals surface area contributed by atoms with Crippen LogP contribution in [0.3, 0.4) is 0 Å². The van der Waals surface area contributed by atoms with E-state index in [2.05, 4.69) is 28.2 Å². The van der Waals surface area contributed by atoms with Gasteiger partial charge < -0.3 is 29.7 Å². The summed E-state index contributed by atoms with van der Waals surface area (Å²) in [5, 5.41) is 12.5. The molecule has 1 spiro atoms. The molecule has 2 N–H and O–H groups in total. The fourth-order valence-electron chi connectivity index (χ4n) is 5.83. The highest BCUT2D eigenvalue weighted by molar-refractivity contribution is 9.11. The van der Waals surface area contributed by atoms with E-state index in [9.17, 15) is 24.3 Å². The zero-order valence-electron chi connectivity index (χ0n) is 21.4. The number of ether oxygens (including phenoxy) is 2. The standard InChI is InChI=1S/C26H36BrN3O7/c1-3-4-7-10-29-11-8-5-6-9-18(32)28-15-16(2)36-25(35)19-20-23(33)30(12-13-31)22(24(29)34)26(20)14-17(27)21(19)37-26/h5,8,14,16,19-22,31H,3-4,6-7,9-13,15H2,1-2H3,(H,28,32)/b8-5-/t16-,19+,20-,21+,22+,26-/m1/s1. The van der Waals surface area contributed by atoms with Crippen molar-refractivity contribution in [2.45, 2.75) is 69.8 Å². The second kappa shape index (κ2) is 11.7. The Morgan fingerprint density at radius 2 is 1.95 bits per heavy atom. The van der Waals surface area contributed by atoms with E-state index in [-0.39, 0.29) is 37.9 Å². The van der Waals surface area contributed by atoms with Gasteiger partial charge in [-0.25, -0.2) is 0 Å². The Morgan fingerprint density at radius 3 is 2.68 bits per heavy atom. The molecule has 0 radical (unpaired) electrons. The lowest BCUT2D eigenvalue weighted by molar-refractivity contribution is -0.158. The van der Waals surface area contributed by atoms with Gasteiger partial charge in [-0.05, 0) is 25.8 Å². The van der Waals surface area contributed by atoms with Crippen LogP contribution < -0.4 is 5.32 Å². The number of aliphatic hydroxyl groups is 1. The molecular formula is C26H36BrN3O7. The molecule has 4 aliphatic rings. The number of esters is 1. The van der Waals surface area contributed by atoms with Crippen LogP contribution in [0.2, 0.25) is 0 Å². The molecule has 2 fully saturated rings. The van der Waals surface area contributed by atoms with E-state index in [1.807, 2.05) is 12.2 Å². The summed E-state index contributed by atoms with van der Waals surface area (Å²) in [7, 11) is 0. The van der Waals surface area contributed by atoms with Gasteiger partial charge in [0.25, 0.3) is 0 Å². The first kappa shape index (κ1) is 27.8. The molecular weight excluding hydrogens is 546 g/mol. The molecule has 6 atom stereocenters. The number of carbonyl (C=O) groups excluding carboxylic acids is 4. The number of cyclic esters (lactones) is 1. The topological polar surface area (TPSA) is 125 Å². The molecule has 4 rings (SSSR count). The molecule has 10 nitrogen and oxygen atoms in total. The molecule has 2 saturated heterocycles. The molecule has 0 unspecified atom stereocenters. The number of amides is 3. The van der Waals surface area contributed by atoms with Crippen LogP contribution in [-0.2, 0) is 28.7 Å². The first-order valence-corrected chi connectivity index (χ1v) is 13.9. The van der Waals surface area contributed by atoms with Crippen molar-refractivity contribution in [1.82, 2.24) is 15.1 Å². The Balaban J connectivity index is 1.74. The highest BCUT2D eigenvalue weighted by Crippen LogP contribution is 2.58. The summed E-state index contributed by atoms with van der Waals surface area (Å²) in [6, 6.07) is -1.01. The van der Waals surface area contributed by atoms with Crippen molar-refractivity contribution in [3.8, 4) is 0 Å². The monoisotopic (exact) mass is 581 g/mol. The van der Waals surface area contributed by atoms with Crippen molar-refractivity contribution < 1.29 is 33.8 Å². The number of halogens is 1. The lowest BCUT2D eigenvalue weighted by Gasteiger charge is -2.35. The zero-order chi connectivity index (χ0) is 26.7. The Hall–Kier alpha value is -2.24. The molecule has 0 saturated carbocycles. The third kappa shape index (κ3) is 5.22. The molecule has 5 bridgehead atoms. The van der Waals surface area contributed by atoms with E-state index in [1.54, 1.807) is 17.9 Å². The Labute approximate surface area is 225 Å². The van der Waals surface area contributed by atoms with Crippen LogP contribution >= 0.6 is 15.9 Å². The molecule has 37 heavy (non-hydrogen) atoms. The largest absolute Gasteiger partial charge is 0.460 e. The summed E-state index contributed by atoms with van der Waals surface area (Å²) in [5.74, 6) is -3.36. The number of allylic oxidation sites excluding steroid dienone is 1. The first-order chi connectivity index (χ1) is 17.7. The second-order valence-corrected chi connectivity index (χ2v) is 11.1. The Bertz CT molecular complexity index is 985. The summed E-state index contributed by atoms with van der Waals surface area (Å²) < 4.78 is 12.6. The number of carbonyl (C=O) groups is 4. The van der Waals surface area contributed by atoms with E-state index in [0.29, 0.717) is 24.0 Å². The predicted octanol–water partition coefficient (Wildman–Crippen LogP) is 1.27. The number of rotatable bonds is 6. The molecule has 4 aliphatic heterocycles. The van der Waals surface area contributed by atoms with Gasteiger partial charge in [-0.1, -0.05) is 47.8 Å². The smallest absolute Gasteiger partial charge is 0.313 e. The van der Waals surface area contributed by atoms with Gasteiger partial charge >= 0.3 is 5.97 Å². The predicted molar refractivity (Wildman–Crippen MR) is 137 cm³/mol. The van der Waals surface area contributed by atoms with Crippen molar-refractivity contribution in [3.63, 3.8) is 0 Å². The van der Waals surface area contributed by atoms with Gasteiger partial charge in [-0.2, -0.15) is 0 Å². The number of fused-ring (bicyclic) bond motifs is 2. The van der Waals surface area contributed by atoms with Crippen molar-refractivity contribution in [2.24, 2.45) is 11.8 Å². The van der Waals surface area contributed by atoms with Crippen LogP contribution in [-0.4, -0.2) is 95.2 Å². The van der Waals surface area contributed by atoms with E-state index in [0.717, 1.165) is 19.3 Å². The number of nitrogens with zero attached hydrogens (tertiary/aromatic N) is 2. The SMILES string of the molecule is CCCCCN1C/C=C\CCC(=O)NC[C@@H](C)OC(=O)[C@@H]2[C@H]3O[C@@]4(C=C3Br)[C@H](C1=O)N(CCO)C(=O)[C@@H]24. The van der Waals surface area contributed by atoms with Crippen LogP contribution in [0.15, 0.2) is 22.7 Å². The van der Waals surface area contributed by atoms with Crippen LogP contribution in [0.25, 0.3) is 0 Å². The summed E-state index contributed by atoms with van der Waals surface area (Å²) in [4.78, 5) is 56.6. The molecule has 4 heterocycles. The summed E-state index contributed by atoms with van der Waals surface area (Å²) >= 11 is 3.50. The number of hydrogen-bond donors (Lipinski definition) is 2. The third-order valence-electron chi connectivity index (χ3n) is 7.55. The van der Waals surface area contributed by atoms with Crippen molar-refractivity contribution in [3.05, 3.63) is 22.7 Å². The fourth-order valence-corrected chi connectivity index (χ4v) is 6.57. The number of β-amino-alcohol motifs (C(OH)–C–C–N with tert-alkyl or cyclic N) is 1. The average Bonchev–Trinajstić information content (AvgIpc) is 3.44. The maximum absolute atomic E-state index is 14.2. The van der Waals surface area contributed by atoms with Gasteiger partial charge in [0.15, 0.2) is 0 Å². The van der Waals surface area contributed by atoms with Crippen molar-refractivity contribution >= 4 is 39.6 Å². The lowest BCUT2D eigenvalue weighted by Crippen LogP contribution is -2.56. The van der Waals surface area contributed by atoms with Crippen LogP contribution in [0.4, 0.5) is 0 Å².